The molecule has 0 aromatic carbocycles. The first-order chi connectivity index (χ1) is 8.61. The topological polar surface area (TPSA) is 66.4 Å². The van der Waals surface area contributed by atoms with Gasteiger partial charge in [-0.3, -0.25) is 9.59 Å². The first-order valence-electron chi connectivity index (χ1n) is 5.58. The minimum Gasteiger partial charge on any atom is -0.481 e. The van der Waals surface area contributed by atoms with Gasteiger partial charge in [0.2, 0.25) is 0 Å². The number of hydrogen-bond donors (Lipinski definition) is 2. The van der Waals surface area contributed by atoms with E-state index in [9.17, 15) is 9.59 Å². The van der Waals surface area contributed by atoms with E-state index in [1.165, 1.54) is 6.07 Å². The lowest BCUT2D eigenvalue weighted by Crippen LogP contribution is -2.45. The van der Waals surface area contributed by atoms with E-state index in [2.05, 4.69) is 5.32 Å². The molecule has 1 amide bonds. The van der Waals surface area contributed by atoms with Gasteiger partial charge in [0.1, 0.15) is 4.34 Å². The predicted octanol–water partition coefficient (Wildman–Crippen LogP) is 3.67. The van der Waals surface area contributed by atoms with E-state index >= 15 is 0 Å². The van der Waals surface area contributed by atoms with Crippen molar-refractivity contribution in [3.8, 4) is 0 Å². The van der Waals surface area contributed by atoms with Crippen LogP contribution < -0.4 is 5.32 Å². The Labute approximate surface area is 125 Å². The van der Waals surface area contributed by atoms with Gasteiger partial charge in [-0.15, -0.1) is 11.3 Å². The fraction of sp³-hybridized carbons (Fsp3) is 0.500. The van der Waals surface area contributed by atoms with E-state index in [-0.39, 0.29) is 17.4 Å². The third kappa shape index (κ3) is 4.67. The molecule has 0 radical (unpaired) electrons. The molecule has 4 nitrogen and oxygen atoms in total. The van der Waals surface area contributed by atoms with Crippen molar-refractivity contribution >= 4 is 46.4 Å². The minimum absolute atomic E-state index is 0.148. The number of hydrogen-bond acceptors (Lipinski definition) is 3. The van der Waals surface area contributed by atoms with Gasteiger partial charge in [-0.05, 0) is 11.5 Å². The number of nitrogens with one attached hydrogen (secondary N) is 1. The van der Waals surface area contributed by atoms with Crippen LogP contribution >= 0.6 is 34.5 Å². The summed E-state index contributed by atoms with van der Waals surface area (Å²) in [6.07, 6.45) is -0.148. The number of rotatable bonds is 4. The lowest BCUT2D eigenvalue weighted by molar-refractivity contribution is -0.138. The second kappa shape index (κ2) is 6.11. The summed E-state index contributed by atoms with van der Waals surface area (Å²) in [7, 11) is 0. The minimum atomic E-state index is -0.963. The zero-order valence-corrected chi connectivity index (χ0v) is 13.1. The highest BCUT2D eigenvalue weighted by molar-refractivity contribution is 7.20. The standard InChI is InChI=1S/C12H15Cl2NO3S/c1-12(2,3)7(5-9(16)17)15-11(18)6-4-8(13)19-10(6)14/h4,7H,5H2,1-3H3,(H,15,18)(H,16,17). The summed E-state index contributed by atoms with van der Waals surface area (Å²) in [5.41, 5.74) is -0.100. The van der Waals surface area contributed by atoms with Crippen molar-refractivity contribution in [1.29, 1.82) is 0 Å². The Morgan fingerprint density at radius 3 is 2.37 bits per heavy atom. The zero-order valence-electron chi connectivity index (χ0n) is 10.8. The molecular weight excluding hydrogens is 309 g/mol. The number of amides is 1. The smallest absolute Gasteiger partial charge is 0.305 e. The van der Waals surface area contributed by atoms with Crippen molar-refractivity contribution in [2.24, 2.45) is 5.41 Å². The first kappa shape index (κ1) is 16.3. The number of carboxylic acids is 1. The van der Waals surface area contributed by atoms with Gasteiger partial charge in [0.05, 0.1) is 16.3 Å². The Kier molecular flexibility index (Phi) is 5.24. The number of halogens is 2. The lowest BCUT2D eigenvalue weighted by atomic mass is 9.84. The van der Waals surface area contributed by atoms with E-state index in [1.807, 2.05) is 20.8 Å². The molecule has 19 heavy (non-hydrogen) atoms. The molecule has 1 atom stereocenters. The summed E-state index contributed by atoms with van der Waals surface area (Å²) in [5.74, 6) is -1.37. The highest BCUT2D eigenvalue weighted by atomic mass is 35.5. The summed E-state index contributed by atoms with van der Waals surface area (Å²) < 4.78 is 0.714. The normalized spacial score (nSPS) is 13.1. The van der Waals surface area contributed by atoms with Gasteiger partial charge in [0.15, 0.2) is 0 Å². The molecule has 0 saturated heterocycles. The van der Waals surface area contributed by atoms with Crippen LogP contribution in [0.15, 0.2) is 6.07 Å². The van der Waals surface area contributed by atoms with Crippen LogP contribution in [0, 0.1) is 5.41 Å². The molecule has 0 fully saturated rings. The van der Waals surface area contributed by atoms with Crippen LogP contribution in [-0.4, -0.2) is 23.0 Å². The molecule has 106 valence electrons. The molecule has 7 heteroatoms. The summed E-state index contributed by atoms with van der Waals surface area (Å²) >= 11 is 12.8. The Hall–Kier alpha value is -0.780. The maximum Gasteiger partial charge on any atom is 0.305 e. The Morgan fingerprint density at radius 1 is 1.42 bits per heavy atom. The van der Waals surface area contributed by atoms with Crippen LogP contribution in [0.2, 0.25) is 8.67 Å². The number of carbonyl (C=O) groups excluding carboxylic acids is 1. The maximum absolute atomic E-state index is 12.1. The molecule has 0 spiro atoms. The second-order valence-electron chi connectivity index (χ2n) is 5.23. The van der Waals surface area contributed by atoms with Crippen LogP contribution in [0.3, 0.4) is 0 Å². The molecular formula is C12H15Cl2NO3S. The molecule has 0 aliphatic carbocycles. The molecule has 1 rings (SSSR count). The van der Waals surface area contributed by atoms with Crippen molar-refractivity contribution < 1.29 is 14.7 Å². The monoisotopic (exact) mass is 323 g/mol. The molecule has 0 aliphatic rings. The van der Waals surface area contributed by atoms with Crippen molar-refractivity contribution in [1.82, 2.24) is 5.32 Å². The molecule has 1 aromatic rings. The van der Waals surface area contributed by atoms with Crippen LogP contribution in [0.4, 0.5) is 0 Å². The fourth-order valence-electron chi connectivity index (χ4n) is 1.48. The van der Waals surface area contributed by atoms with E-state index in [4.69, 9.17) is 28.3 Å². The Bertz CT molecular complexity index is 494. The Morgan fingerprint density at radius 2 is 2.00 bits per heavy atom. The molecule has 1 heterocycles. The van der Waals surface area contributed by atoms with E-state index < -0.39 is 17.9 Å². The summed E-state index contributed by atoms with van der Waals surface area (Å²) in [6, 6.07) is 0.983. The first-order valence-corrected chi connectivity index (χ1v) is 7.16. The predicted molar refractivity (Wildman–Crippen MR) is 77.3 cm³/mol. The summed E-state index contributed by atoms with van der Waals surface area (Å²) in [6.45, 7) is 5.59. The molecule has 1 aromatic heterocycles. The third-order valence-electron chi connectivity index (χ3n) is 2.63. The van der Waals surface area contributed by atoms with Gasteiger partial charge in [-0.1, -0.05) is 44.0 Å². The van der Waals surface area contributed by atoms with Crippen LogP contribution in [0.1, 0.15) is 37.6 Å². The average molecular weight is 324 g/mol. The summed E-state index contributed by atoms with van der Waals surface area (Å²) in [4.78, 5) is 22.9. The zero-order chi connectivity index (χ0) is 14.8. The average Bonchev–Trinajstić information content (AvgIpc) is 2.54. The number of carbonyl (C=O) groups is 2. The van der Waals surface area contributed by atoms with E-state index in [0.717, 1.165) is 11.3 Å². The van der Waals surface area contributed by atoms with Gasteiger partial charge in [0.25, 0.3) is 5.91 Å². The largest absolute Gasteiger partial charge is 0.481 e. The third-order valence-corrected chi connectivity index (χ3v) is 4.12. The molecule has 2 N–H and O–H groups in total. The van der Waals surface area contributed by atoms with Gasteiger partial charge in [-0.2, -0.15) is 0 Å². The SMILES string of the molecule is CC(C)(C)C(CC(=O)O)NC(=O)c1cc(Cl)sc1Cl. The van der Waals surface area contributed by atoms with Crippen molar-refractivity contribution in [2.45, 2.75) is 33.2 Å². The highest BCUT2D eigenvalue weighted by Crippen LogP contribution is 2.31. The maximum atomic E-state index is 12.1. The van der Waals surface area contributed by atoms with Gasteiger partial charge >= 0.3 is 5.97 Å². The quantitative estimate of drug-likeness (QED) is 0.888. The van der Waals surface area contributed by atoms with Crippen molar-refractivity contribution in [3.05, 3.63) is 20.3 Å². The molecule has 0 bridgehead atoms. The van der Waals surface area contributed by atoms with Crippen molar-refractivity contribution in [2.75, 3.05) is 0 Å². The van der Waals surface area contributed by atoms with E-state index in [1.54, 1.807) is 0 Å². The second-order valence-corrected chi connectivity index (χ2v) is 7.51. The van der Waals surface area contributed by atoms with Crippen LogP contribution in [0.5, 0.6) is 0 Å². The lowest BCUT2D eigenvalue weighted by Gasteiger charge is -2.30. The van der Waals surface area contributed by atoms with Gasteiger partial charge < -0.3 is 10.4 Å². The van der Waals surface area contributed by atoms with E-state index in [0.29, 0.717) is 8.67 Å². The molecule has 0 aliphatic heterocycles. The van der Waals surface area contributed by atoms with Gasteiger partial charge in [-0.25, -0.2) is 0 Å². The van der Waals surface area contributed by atoms with Crippen molar-refractivity contribution in [3.63, 3.8) is 0 Å². The van der Waals surface area contributed by atoms with Gasteiger partial charge in [0, 0.05) is 6.04 Å². The van der Waals surface area contributed by atoms with Crippen LogP contribution in [-0.2, 0) is 4.79 Å². The molecule has 1 unspecified atom stereocenters. The number of carboxylic acid groups (broad SMARTS) is 1. The molecule has 0 saturated carbocycles. The van der Waals surface area contributed by atoms with Crippen LogP contribution in [0.25, 0.3) is 0 Å². The Balaban J connectivity index is 2.88. The highest BCUT2D eigenvalue weighted by Gasteiger charge is 2.29. The fourth-order valence-corrected chi connectivity index (χ4v) is 2.94. The number of aliphatic carboxylic acids is 1. The number of thiophene rings is 1. The summed E-state index contributed by atoms with van der Waals surface area (Å²) in [5, 5.41) is 11.6.